The van der Waals surface area contributed by atoms with Crippen LogP contribution in [0.4, 0.5) is 0 Å². The second-order valence-electron chi connectivity index (χ2n) is 5.15. The fourth-order valence-corrected chi connectivity index (χ4v) is 2.65. The molecular weight excluding hydrogens is 230 g/mol. The summed E-state index contributed by atoms with van der Waals surface area (Å²) in [7, 11) is 0. The largest absolute Gasteiger partial charge is 0.356 e. The summed E-state index contributed by atoms with van der Waals surface area (Å²) in [5, 5.41) is 6.24. The topological polar surface area (TPSA) is 61.4 Å². The molecule has 2 N–H and O–H groups in total. The molecule has 5 nitrogen and oxygen atoms in total. The number of amides is 2. The smallest absolute Gasteiger partial charge is 0.223 e. The lowest BCUT2D eigenvalue weighted by atomic mass is 9.97. The maximum absolute atomic E-state index is 11.8. The molecule has 2 aliphatic rings. The molecule has 2 amide bonds. The Morgan fingerprint density at radius 2 is 2.17 bits per heavy atom. The van der Waals surface area contributed by atoms with Crippen molar-refractivity contribution in [3.05, 3.63) is 0 Å². The first-order valence-corrected chi connectivity index (χ1v) is 7.03. The zero-order valence-electron chi connectivity index (χ0n) is 10.9. The van der Waals surface area contributed by atoms with Gasteiger partial charge in [-0.05, 0) is 38.8 Å². The van der Waals surface area contributed by atoms with Crippen LogP contribution in [0.5, 0.6) is 0 Å². The third-order valence-corrected chi connectivity index (χ3v) is 3.79. The molecule has 0 aliphatic carbocycles. The second kappa shape index (κ2) is 6.73. The van der Waals surface area contributed by atoms with Crippen LogP contribution in [0, 0.1) is 5.92 Å². The van der Waals surface area contributed by atoms with Crippen LogP contribution in [-0.4, -0.2) is 49.4 Å². The number of piperidine rings is 1. The summed E-state index contributed by atoms with van der Waals surface area (Å²) in [4.78, 5) is 25.1. The van der Waals surface area contributed by atoms with Crippen molar-refractivity contribution in [1.29, 1.82) is 0 Å². The van der Waals surface area contributed by atoms with Crippen LogP contribution < -0.4 is 10.6 Å². The first-order chi connectivity index (χ1) is 8.77. The molecule has 0 radical (unpaired) electrons. The van der Waals surface area contributed by atoms with Crippen LogP contribution in [-0.2, 0) is 9.59 Å². The highest BCUT2D eigenvalue weighted by molar-refractivity contribution is 5.79. The molecule has 0 spiro atoms. The Morgan fingerprint density at radius 1 is 1.39 bits per heavy atom. The van der Waals surface area contributed by atoms with E-state index in [9.17, 15) is 9.59 Å². The van der Waals surface area contributed by atoms with Crippen molar-refractivity contribution in [2.24, 2.45) is 5.92 Å². The third kappa shape index (κ3) is 3.70. The molecule has 0 atom stereocenters. The summed E-state index contributed by atoms with van der Waals surface area (Å²) < 4.78 is 0. The predicted octanol–water partition coefficient (Wildman–Crippen LogP) is 0.115. The predicted molar refractivity (Wildman–Crippen MR) is 69.0 cm³/mol. The van der Waals surface area contributed by atoms with E-state index in [1.807, 2.05) is 4.90 Å². The highest BCUT2D eigenvalue weighted by Crippen LogP contribution is 2.12. The molecule has 0 unspecified atom stereocenters. The van der Waals surface area contributed by atoms with E-state index in [0.29, 0.717) is 13.0 Å². The molecule has 102 valence electrons. The van der Waals surface area contributed by atoms with E-state index in [2.05, 4.69) is 10.6 Å². The Morgan fingerprint density at radius 3 is 2.83 bits per heavy atom. The number of hydrogen-bond donors (Lipinski definition) is 2. The number of nitrogens with zero attached hydrogens (tertiary/aromatic N) is 1. The van der Waals surface area contributed by atoms with Crippen molar-refractivity contribution in [2.75, 3.05) is 32.7 Å². The maximum Gasteiger partial charge on any atom is 0.223 e. The lowest BCUT2D eigenvalue weighted by Crippen LogP contribution is -2.39. The van der Waals surface area contributed by atoms with E-state index < -0.39 is 0 Å². The molecule has 0 aromatic rings. The van der Waals surface area contributed by atoms with Gasteiger partial charge >= 0.3 is 0 Å². The molecule has 2 rings (SSSR count). The summed E-state index contributed by atoms with van der Waals surface area (Å²) >= 11 is 0. The molecule has 0 aromatic heterocycles. The molecule has 2 fully saturated rings. The molecule has 2 aliphatic heterocycles. The summed E-state index contributed by atoms with van der Waals surface area (Å²) in [6.07, 6.45) is 4.43. The van der Waals surface area contributed by atoms with E-state index in [0.717, 1.165) is 51.9 Å². The Balaban J connectivity index is 1.57. The normalized spacial score (nSPS) is 21.3. The lowest BCUT2D eigenvalue weighted by Gasteiger charge is -2.22. The number of nitrogens with one attached hydrogen (secondary N) is 2. The minimum absolute atomic E-state index is 0.180. The minimum atomic E-state index is 0.180. The molecule has 0 bridgehead atoms. The highest BCUT2D eigenvalue weighted by Gasteiger charge is 2.21. The van der Waals surface area contributed by atoms with Gasteiger partial charge in [0.1, 0.15) is 0 Å². The molecule has 2 heterocycles. The first-order valence-electron chi connectivity index (χ1n) is 7.03. The van der Waals surface area contributed by atoms with Gasteiger partial charge in [0.2, 0.25) is 11.8 Å². The summed E-state index contributed by atoms with van der Waals surface area (Å²) in [5.41, 5.74) is 0. The number of rotatable bonds is 5. The number of hydrogen-bond acceptors (Lipinski definition) is 3. The minimum Gasteiger partial charge on any atom is -0.356 e. The molecule has 0 saturated carbocycles. The number of carbonyl (C=O) groups excluding carboxylic acids is 2. The van der Waals surface area contributed by atoms with E-state index in [1.54, 1.807) is 0 Å². The first kappa shape index (κ1) is 13.3. The van der Waals surface area contributed by atoms with Gasteiger partial charge in [-0.15, -0.1) is 0 Å². The van der Waals surface area contributed by atoms with E-state index in [1.165, 1.54) is 0 Å². The van der Waals surface area contributed by atoms with Gasteiger partial charge in [-0.3, -0.25) is 9.59 Å². The molecular formula is C13H23N3O2. The molecule has 5 heteroatoms. The highest BCUT2D eigenvalue weighted by atomic mass is 16.2. The standard InChI is InChI=1S/C13H23N3O2/c17-12-3-1-9-16(12)10-2-6-15-13(18)11-4-7-14-8-5-11/h11,14H,1-10H2,(H,15,18). The summed E-state index contributed by atoms with van der Waals surface area (Å²) in [5.74, 6) is 0.628. The van der Waals surface area contributed by atoms with Gasteiger partial charge in [0.05, 0.1) is 0 Å². The van der Waals surface area contributed by atoms with Crippen molar-refractivity contribution in [3.8, 4) is 0 Å². The van der Waals surface area contributed by atoms with Gasteiger partial charge in [-0.1, -0.05) is 0 Å². The summed E-state index contributed by atoms with van der Waals surface area (Å²) in [6.45, 7) is 4.25. The van der Waals surface area contributed by atoms with Crippen LogP contribution in [0.1, 0.15) is 32.1 Å². The molecule has 18 heavy (non-hydrogen) atoms. The zero-order valence-corrected chi connectivity index (χ0v) is 10.9. The van der Waals surface area contributed by atoms with Crippen LogP contribution in [0.15, 0.2) is 0 Å². The van der Waals surface area contributed by atoms with Crippen LogP contribution in [0.2, 0.25) is 0 Å². The van der Waals surface area contributed by atoms with Crippen molar-refractivity contribution in [2.45, 2.75) is 32.1 Å². The van der Waals surface area contributed by atoms with Gasteiger partial charge in [0.15, 0.2) is 0 Å². The quantitative estimate of drug-likeness (QED) is 0.684. The zero-order chi connectivity index (χ0) is 12.8. The molecule has 0 aromatic carbocycles. The van der Waals surface area contributed by atoms with E-state index in [4.69, 9.17) is 0 Å². The van der Waals surface area contributed by atoms with Crippen molar-refractivity contribution < 1.29 is 9.59 Å². The lowest BCUT2D eigenvalue weighted by molar-refractivity contribution is -0.127. The fraction of sp³-hybridized carbons (Fsp3) is 0.846. The Bertz CT molecular complexity index is 301. The second-order valence-corrected chi connectivity index (χ2v) is 5.15. The molecule has 2 saturated heterocycles. The maximum atomic E-state index is 11.8. The summed E-state index contributed by atoms with van der Waals surface area (Å²) in [6, 6.07) is 0. The van der Waals surface area contributed by atoms with Gasteiger partial charge in [-0.2, -0.15) is 0 Å². The average molecular weight is 253 g/mol. The fourth-order valence-electron chi connectivity index (χ4n) is 2.65. The van der Waals surface area contributed by atoms with Crippen LogP contribution >= 0.6 is 0 Å². The third-order valence-electron chi connectivity index (χ3n) is 3.79. The Hall–Kier alpha value is -1.10. The van der Waals surface area contributed by atoms with E-state index in [-0.39, 0.29) is 17.7 Å². The Kier molecular flexibility index (Phi) is 4.99. The SMILES string of the molecule is O=C(NCCCN1CCCC1=O)C1CCNCC1. The average Bonchev–Trinajstić information content (AvgIpc) is 2.81. The van der Waals surface area contributed by atoms with Gasteiger partial charge in [-0.25, -0.2) is 0 Å². The van der Waals surface area contributed by atoms with Gasteiger partial charge in [0, 0.05) is 32.0 Å². The van der Waals surface area contributed by atoms with Crippen molar-refractivity contribution in [1.82, 2.24) is 15.5 Å². The number of likely N-dealkylation sites (tertiary alicyclic amines) is 1. The van der Waals surface area contributed by atoms with Gasteiger partial charge in [0.25, 0.3) is 0 Å². The van der Waals surface area contributed by atoms with E-state index >= 15 is 0 Å². The van der Waals surface area contributed by atoms with Crippen LogP contribution in [0.3, 0.4) is 0 Å². The van der Waals surface area contributed by atoms with Gasteiger partial charge < -0.3 is 15.5 Å². The Labute approximate surface area is 108 Å². The number of carbonyl (C=O) groups is 2. The van der Waals surface area contributed by atoms with Crippen molar-refractivity contribution >= 4 is 11.8 Å². The van der Waals surface area contributed by atoms with Crippen LogP contribution in [0.25, 0.3) is 0 Å². The monoisotopic (exact) mass is 253 g/mol. The van der Waals surface area contributed by atoms with Crippen molar-refractivity contribution in [3.63, 3.8) is 0 Å².